The van der Waals surface area contributed by atoms with Crippen molar-refractivity contribution in [2.45, 2.75) is 71.3 Å². The summed E-state index contributed by atoms with van der Waals surface area (Å²) < 4.78 is 5.14. The van der Waals surface area contributed by atoms with Gasteiger partial charge in [0.2, 0.25) is 0 Å². The van der Waals surface area contributed by atoms with E-state index in [4.69, 9.17) is 4.74 Å². The summed E-state index contributed by atoms with van der Waals surface area (Å²) in [5.41, 5.74) is 0.836. The molecule has 0 aliphatic heterocycles. The second-order valence-corrected chi connectivity index (χ2v) is 6.76. The lowest BCUT2D eigenvalue weighted by molar-refractivity contribution is 0.176. The highest BCUT2D eigenvalue weighted by atomic mass is 16.5. The van der Waals surface area contributed by atoms with Gasteiger partial charge in [0, 0.05) is 25.8 Å². The van der Waals surface area contributed by atoms with Gasteiger partial charge in [-0.05, 0) is 51.9 Å². The second kappa shape index (κ2) is 6.75. The molecule has 1 saturated carbocycles. The number of hydrogen-bond acceptors (Lipinski definition) is 2. The van der Waals surface area contributed by atoms with E-state index in [2.05, 4.69) is 26.1 Å². The molecule has 0 aromatic heterocycles. The van der Waals surface area contributed by atoms with Crippen LogP contribution in [0.1, 0.15) is 65.7 Å². The van der Waals surface area contributed by atoms with Gasteiger partial charge in [0.15, 0.2) is 0 Å². The first-order chi connectivity index (χ1) is 7.97. The van der Waals surface area contributed by atoms with Crippen LogP contribution >= 0.6 is 0 Å². The number of nitrogens with one attached hydrogen (secondary N) is 1. The van der Waals surface area contributed by atoms with Gasteiger partial charge in [-0.3, -0.25) is 0 Å². The topological polar surface area (TPSA) is 21.3 Å². The van der Waals surface area contributed by atoms with Gasteiger partial charge in [0.25, 0.3) is 0 Å². The van der Waals surface area contributed by atoms with Gasteiger partial charge in [0.1, 0.15) is 0 Å². The fourth-order valence-corrected chi connectivity index (χ4v) is 2.84. The molecule has 2 nitrogen and oxygen atoms in total. The Morgan fingerprint density at radius 3 is 2.29 bits per heavy atom. The summed E-state index contributed by atoms with van der Waals surface area (Å²) >= 11 is 0. The van der Waals surface area contributed by atoms with Crippen LogP contribution in [0.25, 0.3) is 0 Å². The minimum Gasteiger partial charge on any atom is -0.385 e. The quantitative estimate of drug-likeness (QED) is 0.685. The van der Waals surface area contributed by atoms with Crippen molar-refractivity contribution in [3.05, 3.63) is 0 Å². The Bertz CT molecular complexity index is 201. The van der Waals surface area contributed by atoms with Crippen molar-refractivity contribution in [2.75, 3.05) is 20.3 Å². The van der Waals surface area contributed by atoms with Crippen LogP contribution in [0.3, 0.4) is 0 Å². The van der Waals surface area contributed by atoms with Gasteiger partial charge >= 0.3 is 0 Å². The average Bonchev–Trinajstić information content (AvgIpc) is 2.71. The number of rotatable bonds is 7. The maximum atomic E-state index is 5.14. The molecule has 17 heavy (non-hydrogen) atoms. The lowest BCUT2D eigenvalue weighted by Gasteiger charge is -2.33. The molecule has 0 aromatic carbocycles. The van der Waals surface area contributed by atoms with Crippen molar-refractivity contribution in [2.24, 2.45) is 5.41 Å². The molecule has 0 bridgehead atoms. The van der Waals surface area contributed by atoms with E-state index in [1.54, 1.807) is 7.11 Å². The van der Waals surface area contributed by atoms with Crippen molar-refractivity contribution in [3.8, 4) is 0 Å². The van der Waals surface area contributed by atoms with Gasteiger partial charge < -0.3 is 10.1 Å². The molecule has 1 N–H and O–H groups in total. The number of methoxy groups -OCH3 is 1. The smallest absolute Gasteiger partial charge is 0.0462 e. The predicted molar refractivity (Wildman–Crippen MR) is 74.4 cm³/mol. The fraction of sp³-hybridized carbons (Fsp3) is 1.00. The largest absolute Gasteiger partial charge is 0.385 e. The molecule has 1 fully saturated rings. The average molecular weight is 241 g/mol. The van der Waals surface area contributed by atoms with Gasteiger partial charge in [0.05, 0.1) is 0 Å². The molecular formula is C15H31NO. The molecule has 0 spiro atoms. The normalized spacial score (nSPS) is 19.8. The van der Waals surface area contributed by atoms with E-state index >= 15 is 0 Å². The van der Waals surface area contributed by atoms with Crippen molar-refractivity contribution < 1.29 is 4.74 Å². The first kappa shape index (κ1) is 15.0. The third-order valence-electron chi connectivity index (χ3n) is 3.96. The minimum absolute atomic E-state index is 0.252. The van der Waals surface area contributed by atoms with Crippen molar-refractivity contribution in [1.82, 2.24) is 5.32 Å². The van der Waals surface area contributed by atoms with Crippen LogP contribution in [0.15, 0.2) is 0 Å². The van der Waals surface area contributed by atoms with Gasteiger partial charge in [-0.1, -0.05) is 19.3 Å². The Morgan fingerprint density at radius 2 is 1.76 bits per heavy atom. The highest BCUT2D eigenvalue weighted by molar-refractivity contribution is 4.88. The maximum absolute atomic E-state index is 5.14. The summed E-state index contributed by atoms with van der Waals surface area (Å²) in [6.07, 6.45) is 9.60. The molecule has 1 rings (SSSR count). The van der Waals surface area contributed by atoms with E-state index in [1.807, 2.05) is 0 Å². The Morgan fingerprint density at radius 1 is 1.12 bits per heavy atom. The van der Waals surface area contributed by atoms with E-state index in [9.17, 15) is 0 Å². The van der Waals surface area contributed by atoms with Gasteiger partial charge in [-0.2, -0.15) is 0 Å². The number of hydrogen-bond donors (Lipinski definition) is 1. The van der Waals surface area contributed by atoms with E-state index in [0.717, 1.165) is 6.61 Å². The van der Waals surface area contributed by atoms with E-state index < -0.39 is 0 Å². The van der Waals surface area contributed by atoms with Gasteiger partial charge in [-0.15, -0.1) is 0 Å². The summed E-state index contributed by atoms with van der Waals surface area (Å²) in [6.45, 7) is 8.91. The molecule has 2 heteroatoms. The molecule has 0 atom stereocenters. The number of unbranched alkanes of at least 4 members (excludes halogenated alkanes) is 1. The molecule has 1 aliphatic rings. The Kier molecular flexibility index (Phi) is 5.94. The highest BCUT2D eigenvalue weighted by Crippen LogP contribution is 2.42. The summed E-state index contributed by atoms with van der Waals surface area (Å²) in [5.74, 6) is 0. The van der Waals surface area contributed by atoms with Crippen molar-refractivity contribution in [3.63, 3.8) is 0 Å². The van der Waals surface area contributed by atoms with Crippen molar-refractivity contribution in [1.29, 1.82) is 0 Å². The predicted octanol–water partition coefficient (Wildman–Crippen LogP) is 3.75. The molecule has 102 valence electrons. The monoisotopic (exact) mass is 241 g/mol. The molecular weight excluding hydrogens is 210 g/mol. The Labute approximate surface area is 108 Å². The highest BCUT2D eigenvalue weighted by Gasteiger charge is 2.33. The third kappa shape index (κ3) is 5.87. The van der Waals surface area contributed by atoms with Gasteiger partial charge in [-0.25, -0.2) is 0 Å². The maximum Gasteiger partial charge on any atom is 0.0462 e. The summed E-state index contributed by atoms with van der Waals surface area (Å²) in [4.78, 5) is 0. The molecule has 0 unspecified atom stereocenters. The fourth-order valence-electron chi connectivity index (χ4n) is 2.84. The SMILES string of the molecule is COCCCCC1(CNC(C)(C)C)CCCC1. The van der Waals surface area contributed by atoms with Crippen LogP contribution in [-0.4, -0.2) is 25.8 Å². The molecule has 0 saturated heterocycles. The van der Waals surface area contributed by atoms with Crippen LogP contribution < -0.4 is 5.32 Å². The van der Waals surface area contributed by atoms with Crippen LogP contribution in [0.4, 0.5) is 0 Å². The molecule has 1 aliphatic carbocycles. The zero-order chi connectivity index (χ0) is 12.8. The summed E-state index contributed by atoms with van der Waals surface area (Å²) in [5, 5.41) is 3.71. The minimum atomic E-state index is 0.252. The first-order valence-corrected chi connectivity index (χ1v) is 7.21. The standard InChI is InChI=1S/C15H31NO/c1-14(2,3)16-13-15(9-5-6-10-15)11-7-8-12-17-4/h16H,5-13H2,1-4H3. The van der Waals surface area contributed by atoms with Crippen LogP contribution in [-0.2, 0) is 4.74 Å². The van der Waals surface area contributed by atoms with Crippen LogP contribution in [0.5, 0.6) is 0 Å². The Hall–Kier alpha value is -0.0800. The third-order valence-corrected chi connectivity index (χ3v) is 3.96. The Balaban J connectivity index is 2.34. The lowest BCUT2D eigenvalue weighted by atomic mass is 9.80. The zero-order valence-corrected chi connectivity index (χ0v) is 12.3. The molecule has 0 amide bonds. The summed E-state index contributed by atoms with van der Waals surface area (Å²) in [6, 6.07) is 0. The van der Waals surface area contributed by atoms with Crippen LogP contribution in [0, 0.1) is 5.41 Å². The van der Waals surface area contributed by atoms with Crippen molar-refractivity contribution >= 4 is 0 Å². The van der Waals surface area contributed by atoms with E-state index in [0.29, 0.717) is 5.41 Å². The number of ether oxygens (including phenoxy) is 1. The van der Waals surface area contributed by atoms with Crippen LogP contribution in [0.2, 0.25) is 0 Å². The summed E-state index contributed by atoms with van der Waals surface area (Å²) in [7, 11) is 1.80. The lowest BCUT2D eigenvalue weighted by Crippen LogP contribution is -2.43. The zero-order valence-electron chi connectivity index (χ0n) is 12.3. The second-order valence-electron chi connectivity index (χ2n) is 6.76. The first-order valence-electron chi connectivity index (χ1n) is 7.21. The molecule has 0 aromatic rings. The van der Waals surface area contributed by atoms with E-state index in [-0.39, 0.29) is 5.54 Å². The molecule has 0 radical (unpaired) electrons. The molecule has 0 heterocycles. The van der Waals surface area contributed by atoms with E-state index in [1.165, 1.54) is 51.5 Å².